The lowest BCUT2D eigenvalue weighted by Crippen LogP contribution is -2.58. The number of hydrogen-bond donors (Lipinski definition) is 0. The zero-order valence-corrected chi connectivity index (χ0v) is 16.0. The highest BCUT2D eigenvalue weighted by atomic mass is 16.2. The number of likely N-dealkylation sites (tertiary alicyclic amines) is 1. The van der Waals surface area contributed by atoms with Crippen LogP contribution in [0.2, 0.25) is 0 Å². The van der Waals surface area contributed by atoms with Gasteiger partial charge in [-0.1, -0.05) is 30.3 Å². The number of piperidine rings is 1. The number of nitrogens with zero attached hydrogens (tertiary/aromatic N) is 4. The van der Waals surface area contributed by atoms with Gasteiger partial charge in [0.1, 0.15) is 0 Å². The van der Waals surface area contributed by atoms with Gasteiger partial charge in [-0.2, -0.15) is 0 Å². The Morgan fingerprint density at radius 3 is 2.39 bits per heavy atom. The Bertz CT molecular complexity index is 804. The van der Waals surface area contributed by atoms with Gasteiger partial charge in [-0.25, -0.2) is 0 Å². The second kappa shape index (κ2) is 8.52. The summed E-state index contributed by atoms with van der Waals surface area (Å²) < 4.78 is 0. The van der Waals surface area contributed by atoms with E-state index in [0.29, 0.717) is 25.2 Å². The van der Waals surface area contributed by atoms with Crippen molar-refractivity contribution in [1.29, 1.82) is 0 Å². The minimum atomic E-state index is -0.0596. The normalized spacial score (nSPS) is 21.0. The first-order chi connectivity index (χ1) is 13.7. The maximum atomic E-state index is 13.1. The van der Waals surface area contributed by atoms with E-state index in [1.165, 1.54) is 5.56 Å². The molecule has 1 aromatic carbocycles. The van der Waals surface area contributed by atoms with Crippen molar-refractivity contribution in [3.63, 3.8) is 0 Å². The van der Waals surface area contributed by atoms with Crippen molar-refractivity contribution in [3.05, 3.63) is 66.0 Å². The van der Waals surface area contributed by atoms with E-state index in [1.54, 1.807) is 24.5 Å². The molecule has 0 radical (unpaired) electrons. The van der Waals surface area contributed by atoms with Crippen LogP contribution in [0.25, 0.3) is 0 Å². The molecule has 0 aliphatic carbocycles. The zero-order chi connectivity index (χ0) is 19.3. The highest BCUT2D eigenvalue weighted by Gasteiger charge is 2.35. The van der Waals surface area contributed by atoms with Crippen molar-refractivity contribution < 1.29 is 9.59 Å². The molecule has 6 nitrogen and oxygen atoms in total. The first-order valence-electron chi connectivity index (χ1n) is 9.98. The van der Waals surface area contributed by atoms with Crippen LogP contribution in [0.5, 0.6) is 0 Å². The van der Waals surface area contributed by atoms with Crippen LogP contribution in [-0.2, 0) is 11.3 Å². The number of carbonyl (C=O) groups excluding carboxylic acids is 2. The lowest BCUT2D eigenvalue weighted by molar-refractivity contribution is -0.141. The Hall–Kier alpha value is -2.73. The molecular weight excluding hydrogens is 352 g/mol. The van der Waals surface area contributed by atoms with Gasteiger partial charge in [0, 0.05) is 57.2 Å². The summed E-state index contributed by atoms with van der Waals surface area (Å²) in [5, 5.41) is 0. The maximum Gasteiger partial charge on any atom is 0.254 e. The number of pyridine rings is 1. The minimum Gasteiger partial charge on any atom is -0.337 e. The molecule has 28 heavy (non-hydrogen) atoms. The van der Waals surface area contributed by atoms with E-state index in [4.69, 9.17) is 0 Å². The SMILES string of the molecule is O=C(c1ccncc1)N1CCN(C2CCCN(Cc3ccccc3)C2=O)CC1. The largest absolute Gasteiger partial charge is 0.337 e. The molecule has 2 aliphatic heterocycles. The van der Waals surface area contributed by atoms with Gasteiger partial charge in [-0.05, 0) is 30.5 Å². The molecule has 4 rings (SSSR count). The number of amides is 2. The second-order valence-corrected chi connectivity index (χ2v) is 7.47. The Balaban J connectivity index is 1.35. The number of hydrogen-bond acceptors (Lipinski definition) is 4. The monoisotopic (exact) mass is 378 g/mol. The van der Waals surface area contributed by atoms with Crippen LogP contribution in [0, 0.1) is 0 Å². The van der Waals surface area contributed by atoms with E-state index in [2.05, 4.69) is 22.0 Å². The van der Waals surface area contributed by atoms with Crippen molar-refractivity contribution in [2.75, 3.05) is 32.7 Å². The van der Waals surface area contributed by atoms with Crippen LogP contribution in [0.3, 0.4) is 0 Å². The molecule has 0 N–H and O–H groups in total. The van der Waals surface area contributed by atoms with Gasteiger partial charge in [0.15, 0.2) is 0 Å². The summed E-state index contributed by atoms with van der Waals surface area (Å²) in [5.41, 5.74) is 1.84. The molecule has 2 saturated heterocycles. The summed E-state index contributed by atoms with van der Waals surface area (Å²) in [7, 11) is 0. The topological polar surface area (TPSA) is 56.8 Å². The Morgan fingerprint density at radius 1 is 0.964 bits per heavy atom. The first kappa shape index (κ1) is 18.6. The zero-order valence-electron chi connectivity index (χ0n) is 16.0. The van der Waals surface area contributed by atoms with Crippen molar-refractivity contribution in [2.45, 2.75) is 25.4 Å². The van der Waals surface area contributed by atoms with E-state index in [0.717, 1.165) is 32.5 Å². The summed E-state index contributed by atoms with van der Waals surface area (Å²) in [6, 6.07) is 13.6. The van der Waals surface area contributed by atoms with Crippen LogP contribution < -0.4 is 0 Å². The van der Waals surface area contributed by atoms with Crippen LogP contribution in [0.4, 0.5) is 0 Å². The van der Waals surface area contributed by atoms with E-state index in [1.807, 2.05) is 28.0 Å². The number of aromatic nitrogens is 1. The third-order valence-corrected chi connectivity index (χ3v) is 5.69. The third-order valence-electron chi connectivity index (χ3n) is 5.69. The van der Waals surface area contributed by atoms with Gasteiger partial charge in [0.25, 0.3) is 5.91 Å². The van der Waals surface area contributed by atoms with E-state index in [-0.39, 0.29) is 17.9 Å². The Morgan fingerprint density at radius 2 is 1.68 bits per heavy atom. The van der Waals surface area contributed by atoms with E-state index < -0.39 is 0 Å². The summed E-state index contributed by atoms with van der Waals surface area (Å²) in [4.78, 5) is 35.8. The Labute approximate surface area is 165 Å². The van der Waals surface area contributed by atoms with Gasteiger partial charge >= 0.3 is 0 Å². The molecular formula is C22H26N4O2. The molecule has 0 saturated carbocycles. The molecule has 3 heterocycles. The fourth-order valence-corrected chi connectivity index (χ4v) is 4.13. The van der Waals surface area contributed by atoms with Gasteiger partial charge < -0.3 is 9.80 Å². The predicted molar refractivity (Wildman–Crippen MR) is 107 cm³/mol. The number of piperazine rings is 1. The van der Waals surface area contributed by atoms with Crippen molar-refractivity contribution in [1.82, 2.24) is 19.7 Å². The predicted octanol–water partition coefficient (Wildman–Crippen LogP) is 2.03. The maximum absolute atomic E-state index is 13.1. The lowest BCUT2D eigenvalue weighted by atomic mass is 10.0. The highest BCUT2D eigenvalue weighted by molar-refractivity contribution is 5.94. The van der Waals surface area contributed by atoms with E-state index in [9.17, 15) is 9.59 Å². The van der Waals surface area contributed by atoms with Gasteiger partial charge in [0.2, 0.25) is 5.91 Å². The molecule has 1 aromatic heterocycles. The van der Waals surface area contributed by atoms with Crippen molar-refractivity contribution in [3.8, 4) is 0 Å². The molecule has 2 aromatic rings. The number of benzene rings is 1. The van der Waals surface area contributed by atoms with Crippen molar-refractivity contribution in [2.24, 2.45) is 0 Å². The smallest absolute Gasteiger partial charge is 0.254 e. The second-order valence-electron chi connectivity index (χ2n) is 7.47. The average molecular weight is 378 g/mol. The quantitative estimate of drug-likeness (QED) is 0.817. The average Bonchev–Trinajstić information content (AvgIpc) is 2.76. The highest BCUT2D eigenvalue weighted by Crippen LogP contribution is 2.21. The van der Waals surface area contributed by atoms with Crippen LogP contribution in [0.15, 0.2) is 54.9 Å². The number of rotatable bonds is 4. The van der Waals surface area contributed by atoms with Gasteiger partial charge in [0.05, 0.1) is 6.04 Å². The van der Waals surface area contributed by atoms with Gasteiger partial charge in [-0.15, -0.1) is 0 Å². The lowest BCUT2D eigenvalue weighted by Gasteiger charge is -2.42. The summed E-state index contributed by atoms with van der Waals surface area (Å²) in [6.07, 6.45) is 5.22. The van der Waals surface area contributed by atoms with Crippen molar-refractivity contribution >= 4 is 11.8 Å². The molecule has 2 amide bonds. The minimum absolute atomic E-state index is 0.0442. The molecule has 1 unspecified atom stereocenters. The van der Waals surface area contributed by atoms with Gasteiger partial charge in [-0.3, -0.25) is 19.5 Å². The third kappa shape index (κ3) is 4.07. The van der Waals surface area contributed by atoms with E-state index >= 15 is 0 Å². The molecule has 2 aliphatic rings. The molecule has 146 valence electrons. The van der Waals surface area contributed by atoms with Crippen LogP contribution in [-0.4, -0.2) is 70.3 Å². The fraction of sp³-hybridized carbons (Fsp3) is 0.409. The van der Waals surface area contributed by atoms with Crippen LogP contribution in [0.1, 0.15) is 28.8 Å². The number of carbonyl (C=O) groups is 2. The summed E-state index contributed by atoms with van der Waals surface area (Å²) in [5.74, 6) is 0.270. The van der Waals surface area contributed by atoms with Crippen LogP contribution >= 0.6 is 0 Å². The molecule has 2 fully saturated rings. The Kier molecular flexibility index (Phi) is 5.67. The molecule has 1 atom stereocenters. The summed E-state index contributed by atoms with van der Waals surface area (Å²) >= 11 is 0. The standard InChI is InChI=1S/C22H26N4O2/c27-21(19-8-10-23-11-9-19)25-15-13-24(14-16-25)20-7-4-12-26(22(20)28)17-18-5-2-1-3-6-18/h1-3,5-6,8-11,20H,4,7,12-17H2. The molecule has 0 spiro atoms. The molecule has 0 bridgehead atoms. The molecule has 6 heteroatoms. The summed E-state index contributed by atoms with van der Waals surface area (Å²) in [6.45, 7) is 4.30. The fourth-order valence-electron chi connectivity index (χ4n) is 4.13. The first-order valence-corrected chi connectivity index (χ1v) is 9.98.